The maximum Gasteiger partial charge on any atom is 0.220 e. The Balaban J connectivity index is 2.15. The molecular formula is C17H19NO3S. The number of rotatable bonds is 3. The zero-order valence-electron chi connectivity index (χ0n) is 13.0. The van der Waals surface area contributed by atoms with E-state index in [0.717, 1.165) is 24.3 Å². The van der Waals surface area contributed by atoms with E-state index in [1.807, 2.05) is 28.5 Å². The first-order chi connectivity index (χ1) is 10.7. The molecule has 0 spiro atoms. The molecule has 116 valence electrons. The lowest BCUT2D eigenvalue weighted by Crippen LogP contribution is -2.39. The van der Waals surface area contributed by atoms with Crippen LogP contribution in [0.25, 0.3) is 0 Å². The van der Waals surface area contributed by atoms with Gasteiger partial charge in [0.25, 0.3) is 0 Å². The van der Waals surface area contributed by atoms with Gasteiger partial charge < -0.3 is 14.4 Å². The van der Waals surface area contributed by atoms with Gasteiger partial charge in [-0.15, -0.1) is 11.3 Å². The molecule has 4 nitrogen and oxygen atoms in total. The molecule has 0 radical (unpaired) electrons. The van der Waals surface area contributed by atoms with Crippen LogP contribution in [0.1, 0.15) is 29.0 Å². The fourth-order valence-corrected chi connectivity index (χ4v) is 3.89. The van der Waals surface area contributed by atoms with Crippen LogP contribution in [-0.2, 0) is 11.2 Å². The standard InChI is InChI=1S/C17H19NO3S/c1-11(19)18-7-6-12-9-14(20-2)15(21-3)10-13(12)17(18)16-5-4-8-22-16/h4-5,8-10,17H,6-7H2,1-3H3. The molecule has 1 aromatic heterocycles. The Hall–Kier alpha value is -2.01. The molecular weight excluding hydrogens is 298 g/mol. The number of hydrogen-bond acceptors (Lipinski definition) is 4. The maximum atomic E-state index is 12.1. The summed E-state index contributed by atoms with van der Waals surface area (Å²) >= 11 is 1.67. The van der Waals surface area contributed by atoms with E-state index in [9.17, 15) is 4.79 Å². The third-order valence-corrected chi connectivity index (χ3v) is 5.02. The summed E-state index contributed by atoms with van der Waals surface area (Å²) in [6.45, 7) is 2.35. The minimum Gasteiger partial charge on any atom is -0.493 e. The summed E-state index contributed by atoms with van der Waals surface area (Å²) in [6.07, 6.45) is 0.830. The van der Waals surface area contributed by atoms with Crippen LogP contribution in [0.5, 0.6) is 11.5 Å². The molecule has 0 N–H and O–H groups in total. The van der Waals surface area contributed by atoms with Crippen molar-refractivity contribution in [2.45, 2.75) is 19.4 Å². The van der Waals surface area contributed by atoms with Gasteiger partial charge in [0, 0.05) is 18.3 Å². The number of carbonyl (C=O) groups is 1. The molecule has 0 saturated carbocycles. The Morgan fingerprint density at radius 2 is 2.00 bits per heavy atom. The molecule has 1 aliphatic heterocycles. The SMILES string of the molecule is COc1cc2c(cc1OC)C(c1cccs1)N(C(C)=O)CC2. The Bertz CT molecular complexity index is 681. The molecule has 0 bridgehead atoms. The highest BCUT2D eigenvalue weighted by Gasteiger charge is 2.32. The highest BCUT2D eigenvalue weighted by atomic mass is 32.1. The molecule has 2 heterocycles. The first-order valence-corrected chi connectivity index (χ1v) is 8.09. The van der Waals surface area contributed by atoms with Crippen molar-refractivity contribution < 1.29 is 14.3 Å². The van der Waals surface area contributed by atoms with E-state index in [2.05, 4.69) is 6.07 Å². The van der Waals surface area contributed by atoms with Gasteiger partial charge in [-0.1, -0.05) is 6.07 Å². The van der Waals surface area contributed by atoms with Crippen molar-refractivity contribution in [2.24, 2.45) is 0 Å². The predicted octanol–water partition coefficient (Wildman–Crippen LogP) is 3.26. The van der Waals surface area contributed by atoms with Crippen molar-refractivity contribution in [1.29, 1.82) is 0 Å². The van der Waals surface area contributed by atoms with Crippen LogP contribution in [0, 0.1) is 0 Å². The normalized spacial score (nSPS) is 17.0. The third-order valence-electron chi connectivity index (χ3n) is 4.09. The van der Waals surface area contributed by atoms with Crippen LogP contribution in [0.15, 0.2) is 29.6 Å². The van der Waals surface area contributed by atoms with Crippen LogP contribution in [0.4, 0.5) is 0 Å². The van der Waals surface area contributed by atoms with E-state index in [0.29, 0.717) is 5.75 Å². The zero-order valence-corrected chi connectivity index (χ0v) is 13.8. The van der Waals surface area contributed by atoms with Gasteiger partial charge in [0.1, 0.15) is 0 Å². The van der Waals surface area contributed by atoms with E-state index in [4.69, 9.17) is 9.47 Å². The first-order valence-electron chi connectivity index (χ1n) is 7.21. The van der Waals surface area contributed by atoms with Crippen molar-refractivity contribution in [1.82, 2.24) is 4.90 Å². The number of amides is 1. The van der Waals surface area contributed by atoms with Gasteiger partial charge in [-0.25, -0.2) is 0 Å². The number of hydrogen-bond donors (Lipinski definition) is 0. The maximum absolute atomic E-state index is 12.1. The van der Waals surface area contributed by atoms with Gasteiger partial charge >= 0.3 is 0 Å². The molecule has 22 heavy (non-hydrogen) atoms. The van der Waals surface area contributed by atoms with E-state index < -0.39 is 0 Å². The highest BCUT2D eigenvalue weighted by molar-refractivity contribution is 7.10. The second kappa shape index (κ2) is 6.01. The van der Waals surface area contributed by atoms with E-state index in [1.165, 1.54) is 10.4 Å². The van der Waals surface area contributed by atoms with Crippen LogP contribution >= 0.6 is 11.3 Å². The van der Waals surface area contributed by atoms with Gasteiger partial charge in [-0.2, -0.15) is 0 Å². The molecule has 3 rings (SSSR count). The lowest BCUT2D eigenvalue weighted by Gasteiger charge is -2.36. The summed E-state index contributed by atoms with van der Waals surface area (Å²) in [5.74, 6) is 1.54. The molecule has 5 heteroatoms. The largest absolute Gasteiger partial charge is 0.493 e. The van der Waals surface area contributed by atoms with Crippen LogP contribution < -0.4 is 9.47 Å². The summed E-state index contributed by atoms with van der Waals surface area (Å²) < 4.78 is 10.8. The average Bonchev–Trinajstić information content (AvgIpc) is 3.06. The Kier molecular flexibility index (Phi) is 4.07. The Labute approximate surface area is 134 Å². The number of thiophene rings is 1. The van der Waals surface area contributed by atoms with Crippen molar-refractivity contribution in [3.63, 3.8) is 0 Å². The third kappa shape index (κ3) is 2.46. The van der Waals surface area contributed by atoms with Gasteiger partial charge in [-0.3, -0.25) is 4.79 Å². The number of methoxy groups -OCH3 is 2. The minimum absolute atomic E-state index is 0.0407. The second-order valence-corrected chi connectivity index (χ2v) is 6.27. The lowest BCUT2D eigenvalue weighted by molar-refractivity contribution is -0.130. The summed E-state index contributed by atoms with van der Waals surface area (Å²) in [6, 6.07) is 8.10. The van der Waals surface area contributed by atoms with Gasteiger partial charge in [0.05, 0.1) is 20.3 Å². The fourth-order valence-electron chi connectivity index (χ4n) is 3.04. The van der Waals surface area contributed by atoms with Gasteiger partial charge in [0.2, 0.25) is 5.91 Å². The number of ether oxygens (including phenoxy) is 2. The molecule has 2 aromatic rings. The molecule has 1 amide bonds. The summed E-state index contributed by atoms with van der Waals surface area (Å²) in [4.78, 5) is 15.2. The van der Waals surface area contributed by atoms with E-state index in [-0.39, 0.29) is 11.9 Å². The first kappa shape index (κ1) is 14.9. The summed E-state index contributed by atoms with van der Waals surface area (Å²) in [5.41, 5.74) is 2.34. The molecule has 1 atom stereocenters. The van der Waals surface area contributed by atoms with Crippen molar-refractivity contribution in [3.05, 3.63) is 45.6 Å². The van der Waals surface area contributed by atoms with Crippen molar-refractivity contribution in [2.75, 3.05) is 20.8 Å². The van der Waals surface area contributed by atoms with Gasteiger partial charge in [0.15, 0.2) is 11.5 Å². The fraction of sp³-hybridized carbons (Fsp3) is 0.353. The van der Waals surface area contributed by atoms with Gasteiger partial charge in [-0.05, 0) is 41.1 Å². The quantitative estimate of drug-likeness (QED) is 0.872. The van der Waals surface area contributed by atoms with Crippen LogP contribution in [0.3, 0.4) is 0 Å². The number of benzene rings is 1. The monoisotopic (exact) mass is 317 g/mol. The molecule has 1 aliphatic rings. The number of carbonyl (C=O) groups excluding carboxylic acids is 1. The minimum atomic E-state index is -0.0407. The number of fused-ring (bicyclic) bond motifs is 1. The Morgan fingerprint density at radius 3 is 2.59 bits per heavy atom. The zero-order chi connectivity index (χ0) is 15.7. The topological polar surface area (TPSA) is 38.8 Å². The highest BCUT2D eigenvalue weighted by Crippen LogP contribution is 2.42. The molecule has 1 unspecified atom stereocenters. The molecule has 0 saturated heterocycles. The second-order valence-electron chi connectivity index (χ2n) is 5.29. The Morgan fingerprint density at radius 1 is 1.27 bits per heavy atom. The van der Waals surface area contributed by atoms with Crippen molar-refractivity contribution in [3.8, 4) is 11.5 Å². The number of nitrogens with zero attached hydrogens (tertiary/aromatic N) is 1. The van der Waals surface area contributed by atoms with E-state index >= 15 is 0 Å². The van der Waals surface area contributed by atoms with E-state index in [1.54, 1.807) is 32.5 Å². The lowest BCUT2D eigenvalue weighted by atomic mass is 9.91. The van der Waals surface area contributed by atoms with Crippen LogP contribution in [-0.4, -0.2) is 31.6 Å². The van der Waals surface area contributed by atoms with Crippen LogP contribution in [0.2, 0.25) is 0 Å². The summed E-state index contributed by atoms with van der Waals surface area (Å²) in [5, 5.41) is 2.04. The molecule has 1 aromatic carbocycles. The van der Waals surface area contributed by atoms with Crippen molar-refractivity contribution >= 4 is 17.2 Å². The predicted molar refractivity (Wildman–Crippen MR) is 86.8 cm³/mol. The summed E-state index contributed by atoms with van der Waals surface area (Å²) in [7, 11) is 3.28. The smallest absolute Gasteiger partial charge is 0.220 e. The average molecular weight is 317 g/mol. The molecule has 0 aliphatic carbocycles. The molecule has 0 fully saturated rings.